The van der Waals surface area contributed by atoms with Crippen LogP contribution in [0.2, 0.25) is 0 Å². The highest BCUT2D eigenvalue weighted by Crippen LogP contribution is 2.24. The number of halogens is 1. The fraction of sp³-hybridized carbons (Fsp3) is 0.350. The summed E-state index contributed by atoms with van der Waals surface area (Å²) in [5.41, 5.74) is 0.419. The Morgan fingerprint density at radius 1 is 1.14 bits per heavy atom. The predicted molar refractivity (Wildman–Crippen MR) is 106 cm³/mol. The zero-order chi connectivity index (χ0) is 20.9. The van der Waals surface area contributed by atoms with Crippen molar-refractivity contribution in [1.82, 2.24) is 4.72 Å². The van der Waals surface area contributed by atoms with Crippen LogP contribution < -0.4 is 14.8 Å². The fourth-order valence-corrected chi connectivity index (χ4v) is 4.56. The van der Waals surface area contributed by atoms with Gasteiger partial charge in [0, 0.05) is 24.2 Å². The lowest BCUT2D eigenvalue weighted by atomic mass is 9.94. The van der Waals surface area contributed by atoms with Gasteiger partial charge in [-0.25, -0.2) is 22.3 Å². The minimum atomic E-state index is -3.72. The maximum atomic E-state index is 12.9. The van der Waals surface area contributed by atoms with Crippen LogP contribution in [0.4, 0.5) is 14.9 Å². The molecule has 29 heavy (non-hydrogen) atoms. The van der Waals surface area contributed by atoms with Crippen LogP contribution in [0.1, 0.15) is 25.7 Å². The van der Waals surface area contributed by atoms with E-state index in [0.29, 0.717) is 30.7 Å². The minimum Gasteiger partial charge on any atom is -0.497 e. The van der Waals surface area contributed by atoms with Crippen LogP contribution >= 0.6 is 0 Å². The van der Waals surface area contributed by atoms with Gasteiger partial charge in [-0.1, -0.05) is 6.07 Å². The van der Waals surface area contributed by atoms with E-state index in [1.54, 1.807) is 12.1 Å². The Bertz CT molecular complexity index is 950. The van der Waals surface area contributed by atoms with Crippen LogP contribution in [-0.2, 0) is 14.8 Å². The number of ether oxygens (including phenoxy) is 2. The number of hydrogen-bond acceptors (Lipinski definition) is 5. The van der Waals surface area contributed by atoms with Crippen molar-refractivity contribution < 1.29 is 27.1 Å². The average molecular weight is 422 g/mol. The second-order valence-corrected chi connectivity index (χ2v) is 8.54. The van der Waals surface area contributed by atoms with Crippen molar-refractivity contribution in [3.8, 4) is 5.75 Å². The molecule has 0 unspecified atom stereocenters. The Balaban J connectivity index is 1.57. The molecule has 7 nitrogen and oxygen atoms in total. The number of carbonyl (C=O) groups is 1. The molecule has 0 aliphatic heterocycles. The summed E-state index contributed by atoms with van der Waals surface area (Å²) in [5, 5.41) is 2.54. The number of anilines is 1. The van der Waals surface area contributed by atoms with Gasteiger partial charge in [0.25, 0.3) is 0 Å². The quantitative estimate of drug-likeness (QED) is 0.741. The Labute approximate surface area is 169 Å². The van der Waals surface area contributed by atoms with E-state index in [2.05, 4.69) is 10.0 Å². The van der Waals surface area contributed by atoms with Gasteiger partial charge in [0.2, 0.25) is 10.0 Å². The molecular weight excluding hydrogens is 399 g/mol. The van der Waals surface area contributed by atoms with Gasteiger partial charge in [0.05, 0.1) is 12.0 Å². The smallest absolute Gasteiger partial charge is 0.411 e. The number of carbonyl (C=O) groups excluding carboxylic acids is 1. The number of amides is 1. The Hall–Kier alpha value is -2.65. The summed E-state index contributed by atoms with van der Waals surface area (Å²) in [6.45, 7) is 0. The molecule has 0 radical (unpaired) electrons. The van der Waals surface area contributed by atoms with Gasteiger partial charge in [-0.2, -0.15) is 0 Å². The van der Waals surface area contributed by atoms with Crippen molar-refractivity contribution in [2.45, 2.75) is 42.7 Å². The third-order valence-corrected chi connectivity index (χ3v) is 6.18. The summed E-state index contributed by atoms with van der Waals surface area (Å²) in [6, 6.07) is 11.2. The van der Waals surface area contributed by atoms with Gasteiger partial charge in [0.1, 0.15) is 17.7 Å². The van der Waals surface area contributed by atoms with Gasteiger partial charge in [-0.05, 0) is 55.7 Å². The van der Waals surface area contributed by atoms with Crippen molar-refractivity contribution in [2.75, 3.05) is 12.4 Å². The van der Waals surface area contributed by atoms with Crippen LogP contribution in [-0.4, -0.2) is 33.8 Å². The Morgan fingerprint density at radius 3 is 2.62 bits per heavy atom. The average Bonchev–Trinajstić information content (AvgIpc) is 2.69. The first-order valence-corrected chi connectivity index (χ1v) is 10.7. The van der Waals surface area contributed by atoms with E-state index in [1.165, 1.54) is 43.5 Å². The molecule has 1 amide bonds. The highest BCUT2D eigenvalue weighted by molar-refractivity contribution is 7.89. The molecule has 2 N–H and O–H groups in total. The van der Waals surface area contributed by atoms with Crippen LogP contribution in [0, 0.1) is 5.82 Å². The maximum absolute atomic E-state index is 12.9. The third kappa shape index (κ3) is 5.91. The summed E-state index contributed by atoms with van der Waals surface area (Å²) < 4.78 is 51.4. The van der Waals surface area contributed by atoms with E-state index in [-0.39, 0.29) is 10.9 Å². The second-order valence-electron chi connectivity index (χ2n) is 6.82. The highest BCUT2D eigenvalue weighted by Gasteiger charge is 2.28. The van der Waals surface area contributed by atoms with Crippen LogP contribution in [0.3, 0.4) is 0 Å². The zero-order valence-corrected chi connectivity index (χ0v) is 16.7. The molecule has 2 atom stereocenters. The third-order valence-electron chi connectivity index (χ3n) is 4.66. The Morgan fingerprint density at radius 2 is 1.90 bits per heavy atom. The summed E-state index contributed by atoms with van der Waals surface area (Å²) in [5.74, 6) is 0.0533. The molecule has 2 aromatic carbocycles. The molecule has 2 aromatic rings. The van der Waals surface area contributed by atoms with Crippen LogP contribution in [0.15, 0.2) is 53.4 Å². The number of benzene rings is 2. The standard InChI is InChI=1S/C20H23FN2O5S/c1-27-17-5-3-7-19(13-17)29(25,26)23-16-4-2-6-18(12-16)28-20(24)22-15-10-8-14(21)9-11-15/h3,5,7-11,13,16,18,23H,2,4,6,12H2,1H3,(H,22,24)/t16-,18+/m1/s1. The van der Waals surface area contributed by atoms with Gasteiger partial charge in [-0.15, -0.1) is 0 Å². The normalized spacial score (nSPS) is 19.4. The lowest BCUT2D eigenvalue weighted by Gasteiger charge is -2.29. The number of methoxy groups -OCH3 is 1. The van der Waals surface area contributed by atoms with E-state index >= 15 is 0 Å². The summed E-state index contributed by atoms with van der Waals surface area (Å²) in [4.78, 5) is 12.2. The first kappa shape index (κ1) is 21.1. The molecule has 0 saturated heterocycles. The minimum absolute atomic E-state index is 0.119. The predicted octanol–water partition coefficient (Wildman–Crippen LogP) is 3.67. The lowest BCUT2D eigenvalue weighted by molar-refractivity contribution is 0.0793. The first-order valence-electron chi connectivity index (χ1n) is 9.25. The Kier molecular flexibility index (Phi) is 6.71. The van der Waals surface area contributed by atoms with Crippen molar-refractivity contribution in [2.24, 2.45) is 0 Å². The van der Waals surface area contributed by atoms with Gasteiger partial charge >= 0.3 is 6.09 Å². The van der Waals surface area contributed by atoms with Crippen molar-refractivity contribution in [1.29, 1.82) is 0 Å². The summed E-state index contributed by atoms with van der Waals surface area (Å²) in [7, 11) is -2.25. The van der Waals surface area contributed by atoms with E-state index in [4.69, 9.17) is 9.47 Å². The van der Waals surface area contributed by atoms with E-state index in [1.807, 2.05) is 0 Å². The highest BCUT2D eigenvalue weighted by atomic mass is 32.2. The topological polar surface area (TPSA) is 93.7 Å². The summed E-state index contributed by atoms with van der Waals surface area (Å²) in [6.07, 6.45) is 1.33. The molecule has 0 heterocycles. The molecule has 1 aliphatic rings. The van der Waals surface area contributed by atoms with Gasteiger partial charge < -0.3 is 9.47 Å². The molecule has 9 heteroatoms. The largest absolute Gasteiger partial charge is 0.497 e. The van der Waals surface area contributed by atoms with E-state index in [0.717, 1.165) is 6.42 Å². The molecule has 156 valence electrons. The first-order chi connectivity index (χ1) is 13.9. The van der Waals surface area contributed by atoms with Crippen molar-refractivity contribution in [3.63, 3.8) is 0 Å². The zero-order valence-electron chi connectivity index (χ0n) is 15.9. The molecule has 0 spiro atoms. The SMILES string of the molecule is COc1cccc(S(=O)(=O)N[C@@H]2CCC[C@H](OC(=O)Nc3ccc(F)cc3)C2)c1. The monoisotopic (exact) mass is 422 g/mol. The number of hydrogen-bond donors (Lipinski definition) is 2. The lowest BCUT2D eigenvalue weighted by Crippen LogP contribution is -2.41. The van der Waals surface area contributed by atoms with Crippen LogP contribution in [0.5, 0.6) is 5.75 Å². The fourth-order valence-electron chi connectivity index (χ4n) is 3.25. The van der Waals surface area contributed by atoms with E-state index < -0.39 is 28.0 Å². The molecule has 1 aliphatic carbocycles. The molecule has 1 fully saturated rings. The van der Waals surface area contributed by atoms with Crippen molar-refractivity contribution >= 4 is 21.8 Å². The number of rotatable bonds is 6. The second kappa shape index (κ2) is 9.23. The summed E-state index contributed by atoms with van der Waals surface area (Å²) >= 11 is 0. The molecule has 3 rings (SSSR count). The van der Waals surface area contributed by atoms with Crippen molar-refractivity contribution in [3.05, 3.63) is 54.3 Å². The van der Waals surface area contributed by atoms with Gasteiger partial charge in [0.15, 0.2) is 0 Å². The van der Waals surface area contributed by atoms with Gasteiger partial charge in [-0.3, -0.25) is 5.32 Å². The number of nitrogens with one attached hydrogen (secondary N) is 2. The molecular formula is C20H23FN2O5S. The maximum Gasteiger partial charge on any atom is 0.411 e. The van der Waals surface area contributed by atoms with E-state index in [9.17, 15) is 17.6 Å². The molecule has 0 aromatic heterocycles. The molecule has 1 saturated carbocycles. The van der Waals surface area contributed by atoms with Crippen LogP contribution in [0.25, 0.3) is 0 Å². The molecule has 0 bridgehead atoms. The number of sulfonamides is 1.